The van der Waals surface area contributed by atoms with Crippen LogP contribution in [0.5, 0.6) is 0 Å². The highest BCUT2D eigenvalue weighted by Gasteiger charge is 2.38. The number of hydrogen-bond donors (Lipinski definition) is 0. The Morgan fingerprint density at radius 2 is 1.81 bits per heavy atom. The summed E-state index contributed by atoms with van der Waals surface area (Å²) in [5.41, 5.74) is 10.2. The lowest BCUT2D eigenvalue weighted by molar-refractivity contribution is -0.169. The van der Waals surface area contributed by atoms with Crippen molar-refractivity contribution in [2.75, 3.05) is 13.2 Å². The Bertz CT molecular complexity index is 598. The molecule has 0 saturated heterocycles. The van der Waals surface area contributed by atoms with Gasteiger partial charge in [0.15, 0.2) is 14.6 Å². The lowest BCUT2D eigenvalue weighted by Crippen LogP contribution is -2.46. The third-order valence-corrected chi connectivity index (χ3v) is 9.60. The summed E-state index contributed by atoms with van der Waals surface area (Å²) in [7, 11) is -1.95. The Kier molecular flexibility index (Phi) is 9.49. The molecule has 27 heavy (non-hydrogen) atoms. The minimum atomic E-state index is -1.95. The third-order valence-electron chi connectivity index (χ3n) is 5.10. The van der Waals surface area contributed by atoms with Gasteiger partial charge in [-0.05, 0) is 49.5 Å². The summed E-state index contributed by atoms with van der Waals surface area (Å²) in [5, 5.41) is 4.12. The molecule has 0 N–H and O–H groups in total. The average Bonchev–Trinajstić information content (AvgIpc) is 2.58. The molecule has 0 spiro atoms. The van der Waals surface area contributed by atoms with Gasteiger partial charge in [-0.2, -0.15) is 0 Å². The zero-order valence-corrected chi connectivity index (χ0v) is 18.8. The molecule has 0 radical (unpaired) electrons. The van der Waals surface area contributed by atoms with Crippen LogP contribution in [0.15, 0.2) is 35.4 Å². The molecule has 1 aromatic rings. The normalized spacial score (nSPS) is 15.7. The van der Waals surface area contributed by atoms with Crippen LogP contribution < -0.4 is 0 Å². The second-order valence-electron chi connectivity index (χ2n) is 8.23. The van der Waals surface area contributed by atoms with Crippen LogP contribution in [-0.4, -0.2) is 40.0 Å². The molecular weight excluding hydrogens is 358 g/mol. The Labute approximate surface area is 165 Å². The third kappa shape index (κ3) is 8.03. The Morgan fingerprint density at radius 1 is 1.19 bits per heavy atom. The molecule has 1 aromatic carbocycles. The number of azide groups is 1. The van der Waals surface area contributed by atoms with E-state index in [1.165, 1.54) is 0 Å². The van der Waals surface area contributed by atoms with Gasteiger partial charge in [0.1, 0.15) is 0 Å². The fourth-order valence-electron chi connectivity index (χ4n) is 2.44. The second kappa shape index (κ2) is 10.8. The van der Waals surface area contributed by atoms with Crippen molar-refractivity contribution in [2.45, 2.75) is 77.6 Å². The summed E-state index contributed by atoms with van der Waals surface area (Å²) in [4.78, 5) is 3.06. The number of ether oxygens (including phenoxy) is 2. The van der Waals surface area contributed by atoms with Gasteiger partial charge >= 0.3 is 0 Å². The lowest BCUT2D eigenvalue weighted by atomic mass is 10.0. The molecule has 0 aliphatic rings. The molecule has 0 heterocycles. The van der Waals surface area contributed by atoms with Crippen molar-refractivity contribution in [3.05, 3.63) is 46.3 Å². The summed E-state index contributed by atoms with van der Waals surface area (Å²) in [5.74, 6) is 0. The largest absolute Gasteiger partial charge is 0.414 e. The van der Waals surface area contributed by atoms with Crippen molar-refractivity contribution in [3.8, 4) is 0 Å². The van der Waals surface area contributed by atoms with Crippen molar-refractivity contribution in [2.24, 2.45) is 5.11 Å². The van der Waals surface area contributed by atoms with Crippen molar-refractivity contribution in [1.82, 2.24) is 0 Å². The van der Waals surface area contributed by atoms with E-state index in [0.717, 1.165) is 5.56 Å². The number of hydrogen-bond acceptors (Lipinski definition) is 4. The molecule has 6 nitrogen and oxygen atoms in total. The molecule has 0 bridgehead atoms. The van der Waals surface area contributed by atoms with E-state index in [1.54, 1.807) is 0 Å². The molecule has 152 valence electrons. The highest BCUT2D eigenvalue weighted by molar-refractivity contribution is 6.74. The van der Waals surface area contributed by atoms with Crippen LogP contribution in [0.2, 0.25) is 18.1 Å². The van der Waals surface area contributed by atoms with Gasteiger partial charge in [-0.1, -0.05) is 56.2 Å². The van der Waals surface area contributed by atoms with Crippen molar-refractivity contribution in [1.29, 1.82) is 0 Å². The standard InChI is InChI=1S/C20H35N3O3Si/c1-8-24-16(2)26-19(15-25-27(6,7)20(3,4)5)18(22-23-21)14-17-12-10-9-11-13-17/h9-13,16,18-19H,8,14-15H2,1-7H3/t16?,18-,19-/m0/s1. The van der Waals surface area contributed by atoms with Gasteiger partial charge in [0, 0.05) is 11.5 Å². The second-order valence-corrected chi connectivity index (χ2v) is 13.0. The van der Waals surface area contributed by atoms with Crippen LogP contribution in [0.3, 0.4) is 0 Å². The molecule has 0 fully saturated rings. The van der Waals surface area contributed by atoms with Gasteiger partial charge in [0.2, 0.25) is 0 Å². The summed E-state index contributed by atoms with van der Waals surface area (Å²) >= 11 is 0. The zero-order valence-electron chi connectivity index (χ0n) is 17.8. The summed E-state index contributed by atoms with van der Waals surface area (Å²) < 4.78 is 18.0. The topological polar surface area (TPSA) is 76.5 Å². The molecule has 0 saturated carbocycles. The fourth-order valence-corrected chi connectivity index (χ4v) is 3.45. The Balaban J connectivity index is 2.99. The first-order valence-electron chi connectivity index (χ1n) is 9.60. The van der Waals surface area contributed by atoms with Gasteiger partial charge in [-0.25, -0.2) is 0 Å². The molecule has 0 aromatic heterocycles. The van der Waals surface area contributed by atoms with Crippen molar-refractivity contribution < 1.29 is 13.9 Å². The first-order valence-corrected chi connectivity index (χ1v) is 12.5. The Morgan fingerprint density at radius 3 is 2.33 bits per heavy atom. The highest BCUT2D eigenvalue weighted by Crippen LogP contribution is 2.36. The predicted molar refractivity (Wildman–Crippen MR) is 112 cm³/mol. The molecule has 7 heteroatoms. The highest BCUT2D eigenvalue weighted by atomic mass is 28.4. The summed E-state index contributed by atoms with van der Waals surface area (Å²) in [6, 6.07) is 9.61. The first kappa shape index (κ1) is 23.7. The van der Waals surface area contributed by atoms with E-state index in [4.69, 9.17) is 19.4 Å². The number of benzene rings is 1. The van der Waals surface area contributed by atoms with Gasteiger partial charge in [-0.3, -0.25) is 0 Å². The maximum atomic E-state index is 9.10. The molecular formula is C20H35N3O3Si. The molecule has 0 aliphatic carbocycles. The zero-order chi connectivity index (χ0) is 20.5. The summed E-state index contributed by atoms with van der Waals surface area (Å²) in [6.07, 6.45) is -0.179. The maximum Gasteiger partial charge on any atom is 0.192 e. The van der Waals surface area contributed by atoms with Crippen LogP contribution >= 0.6 is 0 Å². The van der Waals surface area contributed by atoms with Gasteiger partial charge in [-0.15, -0.1) is 0 Å². The van der Waals surface area contributed by atoms with E-state index < -0.39 is 14.6 Å². The van der Waals surface area contributed by atoms with E-state index in [1.807, 2.05) is 44.2 Å². The predicted octanol–water partition coefficient (Wildman–Crippen LogP) is 5.70. The van der Waals surface area contributed by atoms with Crippen LogP contribution in [0.1, 0.15) is 40.2 Å². The number of nitrogens with zero attached hydrogens (tertiary/aromatic N) is 3. The number of rotatable bonds is 11. The van der Waals surface area contributed by atoms with Gasteiger partial charge < -0.3 is 13.9 Å². The van der Waals surface area contributed by atoms with Crippen molar-refractivity contribution in [3.63, 3.8) is 0 Å². The van der Waals surface area contributed by atoms with E-state index in [0.29, 0.717) is 19.6 Å². The van der Waals surface area contributed by atoms with Gasteiger partial charge in [0.05, 0.1) is 18.8 Å². The molecule has 1 rings (SSSR count). The monoisotopic (exact) mass is 393 g/mol. The fraction of sp³-hybridized carbons (Fsp3) is 0.700. The molecule has 0 amide bonds. The quantitative estimate of drug-likeness (QED) is 0.159. The Hall–Kier alpha value is -1.37. The van der Waals surface area contributed by atoms with E-state index in [-0.39, 0.29) is 17.2 Å². The minimum Gasteiger partial charge on any atom is -0.414 e. The molecule has 1 unspecified atom stereocenters. The molecule has 0 aliphatic heterocycles. The summed E-state index contributed by atoms with van der Waals surface area (Å²) in [6.45, 7) is 15.7. The maximum absolute atomic E-state index is 9.10. The van der Waals surface area contributed by atoms with Crippen LogP contribution in [0.25, 0.3) is 10.4 Å². The average molecular weight is 394 g/mol. The smallest absolute Gasteiger partial charge is 0.192 e. The minimum absolute atomic E-state index is 0.0938. The SMILES string of the molecule is CCOC(C)O[C@@H](CO[Si](C)(C)C(C)(C)C)[C@H](Cc1ccccc1)N=[N+]=[N-]. The van der Waals surface area contributed by atoms with Crippen LogP contribution in [0, 0.1) is 0 Å². The van der Waals surface area contributed by atoms with E-state index in [2.05, 4.69) is 43.9 Å². The van der Waals surface area contributed by atoms with Crippen LogP contribution in [0.4, 0.5) is 0 Å². The van der Waals surface area contributed by atoms with Crippen molar-refractivity contribution >= 4 is 8.32 Å². The lowest BCUT2D eigenvalue weighted by Gasteiger charge is -2.38. The van der Waals surface area contributed by atoms with Crippen LogP contribution in [-0.2, 0) is 20.3 Å². The first-order chi connectivity index (χ1) is 12.6. The molecule has 3 atom stereocenters. The van der Waals surface area contributed by atoms with Gasteiger partial charge in [0.25, 0.3) is 0 Å². The van der Waals surface area contributed by atoms with E-state index >= 15 is 0 Å². The van der Waals surface area contributed by atoms with E-state index in [9.17, 15) is 0 Å².